The summed E-state index contributed by atoms with van der Waals surface area (Å²) in [6.07, 6.45) is 18.9. The lowest BCUT2D eigenvalue weighted by molar-refractivity contribution is 0.290. The molecule has 50 heavy (non-hydrogen) atoms. The minimum atomic E-state index is 0.701. The van der Waals surface area contributed by atoms with Crippen LogP contribution in [0.3, 0.4) is 0 Å². The van der Waals surface area contributed by atoms with Crippen molar-refractivity contribution in [2.45, 2.75) is 90.9 Å². The molecule has 5 aromatic rings. The lowest BCUT2D eigenvalue weighted by Gasteiger charge is -2.13. The molecule has 0 fully saturated rings. The predicted octanol–water partition coefficient (Wildman–Crippen LogP) is 12.0. The summed E-state index contributed by atoms with van der Waals surface area (Å²) in [6, 6.07) is 21.2. The Hall–Kier alpha value is -3.85. The van der Waals surface area contributed by atoms with Gasteiger partial charge < -0.3 is 24.4 Å². The van der Waals surface area contributed by atoms with Gasteiger partial charge in [-0.3, -0.25) is 0 Å². The molecule has 3 N–H and O–H groups in total. The van der Waals surface area contributed by atoms with E-state index >= 15 is 0 Å². The molecule has 1 aliphatic heterocycles. The number of hydrogen-bond donors (Lipinski definition) is 3. The van der Waals surface area contributed by atoms with E-state index in [1.807, 2.05) is 0 Å². The van der Waals surface area contributed by atoms with Gasteiger partial charge in [0.15, 0.2) is 0 Å². The van der Waals surface area contributed by atoms with E-state index in [1.165, 1.54) is 64.2 Å². The Labute approximate surface area is 300 Å². The predicted molar refractivity (Wildman–Crippen MR) is 219 cm³/mol. The molecular weight excluding hydrogens is 654 g/mol. The van der Waals surface area contributed by atoms with E-state index in [2.05, 4.69) is 120 Å². The van der Waals surface area contributed by atoms with Gasteiger partial charge in [-0.2, -0.15) is 0 Å². The lowest BCUT2D eigenvalue weighted by Crippen LogP contribution is -2.01. The number of aromatic amines is 3. The van der Waals surface area contributed by atoms with Crippen LogP contribution in [0, 0.1) is 4.94 Å². The van der Waals surface area contributed by atoms with Gasteiger partial charge in [-0.1, -0.05) is 78.1 Å². The maximum Gasteiger partial charge on any atom is 0.123 e. The normalized spacial score (nSPS) is 11.8. The highest BCUT2D eigenvalue weighted by atomic mass is 31.0. The zero-order valence-electron chi connectivity index (χ0n) is 29.7. The van der Waals surface area contributed by atoms with Gasteiger partial charge >= 0.3 is 0 Å². The summed E-state index contributed by atoms with van der Waals surface area (Å²) in [6.45, 7) is 5.92. The van der Waals surface area contributed by atoms with Crippen LogP contribution >= 0.6 is 18.1 Å². The summed E-state index contributed by atoms with van der Waals surface area (Å²) in [5, 5.41) is 0.995. The maximum absolute atomic E-state index is 6.41. The molecule has 4 aromatic heterocycles. The van der Waals surface area contributed by atoms with Crippen LogP contribution in [-0.4, -0.2) is 33.1 Å². The van der Waals surface area contributed by atoms with Gasteiger partial charge in [0.1, 0.15) is 11.5 Å². The van der Waals surface area contributed by atoms with Crippen LogP contribution in [0.25, 0.3) is 56.4 Å². The van der Waals surface area contributed by atoms with Crippen molar-refractivity contribution < 1.29 is 9.47 Å². The number of unbranched alkanes of at least 4 members (excludes halogenated alkanes) is 10. The largest absolute Gasteiger partial charge is 0.493 e. The van der Waals surface area contributed by atoms with Crippen molar-refractivity contribution >= 4 is 68.7 Å². The third-order valence-electron chi connectivity index (χ3n) is 9.34. The van der Waals surface area contributed by atoms with Crippen molar-refractivity contribution in [1.29, 1.82) is 0 Å². The topological polar surface area (TPSA) is 78.7 Å². The molecule has 8 bridgehead atoms. The van der Waals surface area contributed by atoms with Crippen LogP contribution in [-0.2, 0) is 0 Å². The summed E-state index contributed by atoms with van der Waals surface area (Å²) in [5.74, 6) is 1.69. The van der Waals surface area contributed by atoms with Crippen molar-refractivity contribution in [3.05, 3.63) is 77.0 Å². The molecule has 0 radical (unpaired) electrons. The minimum absolute atomic E-state index is 0.701. The number of nitrogens with one attached hydrogen (secondary N) is 3. The molecule has 0 amide bonds. The summed E-state index contributed by atoms with van der Waals surface area (Å²) >= 11 is 0. The molecular formula is C42H52N4O2P2. The zero-order chi connectivity index (χ0) is 34.7. The Kier molecular flexibility index (Phi) is 12.9. The van der Waals surface area contributed by atoms with Crippen LogP contribution in [0.5, 0.6) is 11.5 Å². The molecule has 0 spiro atoms. The molecule has 8 heteroatoms. The summed E-state index contributed by atoms with van der Waals surface area (Å²) < 4.78 is 12.8. The average Bonchev–Trinajstić information content (AvgIpc) is 3.95. The van der Waals surface area contributed by atoms with E-state index in [4.69, 9.17) is 14.5 Å². The van der Waals surface area contributed by atoms with Crippen LogP contribution in [0.15, 0.2) is 60.7 Å². The second-order valence-corrected chi connectivity index (χ2v) is 14.5. The summed E-state index contributed by atoms with van der Waals surface area (Å²) in [7, 11) is 6.82. The molecule has 0 saturated carbocycles. The van der Waals surface area contributed by atoms with E-state index in [0.717, 1.165) is 90.2 Å². The van der Waals surface area contributed by atoms with Crippen molar-refractivity contribution in [3.63, 3.8) is 0 Å². The van der Waals surface area contributed by atoms with Gasteiger partial charge in [-0.25, -0.2) is 4.98 Å². The second kappa shape index (κ2) is 17.9. The van der Waals surface area contributed by atoms with Crippen molar-refractivity contribution in [2.75, 3.05) is 13.2 Å². The van der Waals surface area contributed by atoms with Crippen molar-refractivity contribution in [1.82, 2.24) is 19.9 Å². The highest BCUT2D eigenvalue weighted by Gasteiger charge is 2.14. The average molecular weight is 707 g/mol. The number of benzene rings is 1. The van der Waals surface area contributed by atoms with E-state index in [9.17, 15) is 0 Å². The van der Waals surface area contributed by atoms with Crippen LogP contribution in [0.4, 0.5) is 0 Å². The fraction of sp³-hybridized carbons (Fsp3) is 0.381. The fourth-order valence-electron chi connectivity index (χ4n) is 6.52. The Balaban J connectivity index is 1.40. The van der Waals surface area contributed by atoms with E-state index in [-0.39, 0.29) is 0 Å². The van der Waals surface area contributed by atoms with E-state index in [0.29, 0.717) is 13.2 Å². The van der Waals surface area contributed by atoms with Gasteiger partial charge in [0, 0.05) is 38.4 Å². The first-order valence-electron chi connectivity index (χ1n) is 18.6. The Morgan fingerprint density at radius 1 is 0.620 bits per heavy atom. The highest BCUT2D eigenvalue weighted by Crippen LogP contribution is 2.34. The first-order chi connectivity index (χ1) is 24.5. The first-order valence-corrected chi connectivity index (χ1v) is 19.7. The standard InChI is InChI=1S/C42H52N4O2P2/c1-3-5-7-9-11-13-21-47-34-23-29(24-35(28-34)48-22-14-12-10-8-6-4-2)36-27-33-26-32-16-19-38(44-32)41(49)37-18-15-30(43-37)25-31-17-20-39(45-31)42(50)40(36)46-33/h15-20,23-28,43-44,46,49H,3-14,21-22,50H2,1-2H3. The monoisotopic (exact) mass is 706 g/mol. The molecule has 6 rings (SSSR count). The number of hydrogen-bond acceptors (Lipinski definition) is 3. The van der Waals surface area contributed by atoms with Gasteiger partial charge in [0.2, 0.25) is 0 Å². The molecule has 0 saturated heterocycles. The molecule has 6 nitrogen and oxygen atoms in total. The zero-order valence-corrected chi connectivity index (χ0v) is 31.8. The van der Waals surface area contributed by atoms with Gasteiger partial charge in [0.05, 0.1) is 41.2 Å². The quantitative estimate of drug-likeness (QED) is 0.0652. The molecule has 0 aliphatic carbocycles. The summed E-state index contributed by atoms with van der Waals surface area (Å²) in [4.78, 5) is 16.8. The maximum atomic E-state index is 6.41. The van der Waals surface area contributed by atoms with Crippen molar-refractivity contribution in [3.8, 4) is 22.6 Å². The molecule has 5 heterocycles. The van der Waals surface area contributed by atoms with Crippen molar-refractivity contribution in [2.24, 2.45) is 0 Å². The number of nitrogens with zero attached hydrogens (tertiary/aromatic N) is 1. The summed E-state index contributed by atoms with van der Waals surface area (Å²) in [5.41, 5.74) is 9.88. The molecule has 1 aliphatic rings. The van der Waals surface area contributed by atoms with Crippen LogP contribution in [0.1, 0.15) is 102 Å². The van der Waals surface area contributed by atoms with Gasteiger partial charge in [-0.15, -0.1) is 18.1 Å². The SMILES string of the molecule is CCCCCCCCOc1cc(OCCCCCCCC)cc(-c2cc3cc4ccc([nH]4)c(=P)c4ccc(cc5nc(c(P)c2[nH]3)C=C5)[nH]4)c1. The molecule has 1 aromatic carbocycles. The second-order valence-electron chi connectivity index (χ2n) is 13.4. The highest BCUT2D eigenvalue weighted by molar-refractivity contribution is 7.28. The number of ether oxygens (including phenoxy) is 2. The van der Waals surface area contributed by atoms with Crippen LogP contribution in [0.2, 0.25) is 0 Å². The molecule has 1 atom stereocenters. The Bertz CT molecular complexity index is 2070. The third-order valence-corrected chi connectivity index (χ3v) is 10.5. The number of aromatic nitrogens is 4. The Morgan fingerprint density at radius 2 is 1.20 bits per heavy atom. The number of rotatable bonds is 17. The molecule has 262 valence electrons. The third kappa shape index (κ3) is 9.47. The lowest BCUT2D eigenvalue weighted by atomic mass is 10.1. The molecule has 1 unspecified atom stereocenters. The van der Waals surface area contributed by atoms with Gasteiger partial charge in [0.25, 0.3) is 0 Å². The van der Waals surface area contributed by atoms with E-state index < -0.39 is 0 Å². The first kappa shape index (κ1) is 36.0. The Morgan fingerprint density at radius 3 is 1.82 bits per heavy atom. The minimum Gasteiger partial charge on any atom is -0.493 e. The smallest absolute Gasteiger partial charge is 0.123 e. The van der Waals surface area contributed by atoms with Gasteiger partial charge in [-0.05, 0) is 85.2 Å². The van der Waals surface area contributed by atoms with E-state index in [1.54, 1.807) is 0 Å². The number of H-pyrrole nitrogens is 3. The fourth-order valence-corrected chi connectivity index (χ4v) is 7.20. The number of fused-ring (bicyclic) bond motifs is 8. The van der Waals surface area contributed by atoms with Crippen LogP contribution < -0.4 is 14.8 Å².